The fourth-order valence-corrected chi connectivity index (χ4v) is 2.11. The first kappa shape index (κ1) is 13.2. The number of esters is 1. The van der Waals surface area contributed by atoms with Crippen molar-refractivity contribution >= 4 is 22.6 Å². The van der Waals surface area contributed by atoms with Gasteiger partial charge in [0.1, 0.15) is 0 Å². The molecular formula is C16H14N2O3. The molecule has 0 saturated heterocycles. The number of carbonyl (C=O) groups is 1. The summed E-state index contributed by atoms with van der Waals surface area (Å²) in [6, 6.07) is 11.7. The number of anilines is 1. The van der Waals surface area contributed by atoms with Crippen LogP contribution in [0.15, 0.2) is 53.3 Å². The van der Waals surface area contributed by atoms with E-state index in [1.807, 2.05) is 30.3 Å². The molecule has 0 bridgehead atoms. The lowest BCUT2D eigenvalue weighted by Crippen LogP contribution is -2.06. The average molecular weight is 282 g/mol. The van der Waals surface area contributed by atoms with E-state index in [0.717, 1.165) is 22.2 Å². The summed E-state index contributed by atoms with van der Waals surface area (Å²) >= 11 is 0. The molecule has 0 aliphatic carbocycles. The quantitative estimate of drug-likeness (QED) is 0.744. The summed E-state index contributed by atoms with van der Waals surface area (Å²) in [4.78, 5) is 15.9. The van der Waals surface area contributed by atoms with E-state index in [9.17, 15) is 4.79 Å². The third-order valence-electron chi connectivity index (χ3n) is 3.19. The van der Waals surface area contributed by atoms with Gasteiger partial charge in [0.25, 0.3) is 0 Å². The molecule has 0 atom stereocenters. The van der Waals surface area contributed by atoms with Crippen LogP contribution < -0.4 is 5.32 Å². The minimum Gasteiger partial charge on any atom is -0.463 e. The highest BCUT2D eigenvalue weighted by Crippen LogP contribution is 2.18. The second-order valence-electron chi connectivity index (χ2n) is 4.54. The van der Waals surface area contributed by atoms with Crippen LogP contribution in [-0.4, -0.2) is 18.1 Å². The topological polar surface area (TPSA) is 64.4 Å². The maximum absolute atomic E-state index is 11.5. The smallest absolute Gasteiger partial charge is 0.374 e. The number of hydrogen-bond acceptors (Lipinski definition) is 5. The van der Waals surface area contributed by atoms with Gasteiger partial charge in [-0.1, -0.05) is 18.2 Å². The van der Waals surface area contributed by atoms with E-state index in [1.54, 1.807) is 12.3 Å². The Hall–Kier alpha value is -2.82. The zero-order valence-electron chi connectivity index (χ0n) is 11.5. The van der Waals surface area contributed by atoms with E-state index in [-0.39, 0.29) is 5.76 Å². The molecule has 106 valence electrons. The third-order valence-corrected chi connectivity index (χ3v) is 3.19. The number of furan rings is 1. The highest BCUT2D eigenvalue weighted by atomic mass is 16.5. The van der Waals surface area contributed by atoms with Crippen LogP contribution in [0.5, 0.6) is 0 Å². The number of hydrogen-bond donors (Lipinski definition) is 1. The second-order valence-corrected chi connectivity index (χ2v) is 4.54. The zero-order chi connectivity index (χ0) is 14.7. The standard InChI is InChI=1S/C16H14N2O3/c1-20-16(19)15-12(6-7-21-15)9-17-13-8-11-4-2-3-5-14(11)18-10-13/h2-8,10,17H,9H2,1H3. The monoisotopic (exact) mass is 282 g/mol. The van der Waals surface area contributed by atoms with Crippen molar-refractivity contribution in [1.29, 1.82) is 0 Å². The minimum atomic E-state index is -0.478. The van der Waals surface area contributed by atoms with Gasteiger partial charge in [0.15, 0.2) is 0 Å². The van der Waals surface area contributed by atoms with Gasteiger partial charge in [-0.3, -0.25) is 4.98 Å². The Morgan fingerprint density at radius 3 is 3.05 bits per heavy atom. The molecular weight excluding hydrogens is 268 g/mol. The Morgan fingerprint density at radius 1 is 1.33 bits per heavy atom. The molecule has 1 N–H and O–H groups in total. The Balaban J connectivity index is 1.77. The van der Waals surface area contributed by atoms with Gasteiger partial charge in [0, 0.05) is 17.5 Å². The Labute approximate surface area is 121 Å². The van der Waals surface area contributed by atoms with Crippen molar-refractivity contribution in [2.45, 2.75) is 6.54 Å². The van der Waals surface area contributed by atoms with Crippen LogP contribution in [0.3, 0.4) is 0 Å². The molecule has 5 nitrogen and oxygen atoms in total. The molecule has 0 spiro atoms. The number of aromatic nitrogens is 1. The van der Waals surface area contributed by atoms with Crippen LogP contribution in [0.4, 0.5) is 5.69 Å². The van der Waals surface area contributed by atoms with Crippen molar-refractivity contribution < 1.29 is 13.9 Å². The van der Waals surface area contributed by atoms with Crippen LogP contribution in [0, 0.1) is 0 Å². The van der Waals surface area contributed by atoms with Crippen LogP contribution in [0.25, 0.3) is 10.9 Å². The van der Waals surface area contributed by atoms with Gasteiger partial charge in [0.05, 0.1) is 30.8 Å². The number of nitrogens with zero attached hydrogens (tertiary/aromatic N) is 1. The first-order valence-electron chi connectivity index (χ1n) is 6.51. The number of benzene rings is 1. The summed E-state index contributed by atoms with van der Waals surface area (Å²) in [6.45, 7) is 0.459. The summed E-state index contributed by atoms with van der Waals surface area (Å²) in [5.74, 6) is -0.257. The zero-order valence-corrected chi connectivity index (χ0v) is 11.5. The number of fused-ring (bicyclic) bond motifs is 1. The lowest BCUT2D eigenvalue weighted by Gasteiger charge is -2.07. The van der Waals surface area contributed by atoms with E-state index in [4.69, 9.17) is 4.42 Å². The van der Waals surface area contributed by atoms with Crippen molar-refractivity contribution in [2.24, 2.45) is 0 Å². The molecule has 0 amide bonds. The summed E-state index contributed by atoms with van der Waals surface area (Å²) in [5.41, 5.74) is 2.57. The van der Waals surface area contributed by atoms with Gasteiger partial charge in [-0.2, -0.15) is 0 Å². The van der Waals surface area contributed by atoms with Crippen molar-refractivity contribution in [3.05, 3.63) is 60.2 Å². The van der Waals surface area contributed by atoms with E-state index in [0.29, 0.717) is 6.54 Å². The number of nitrogens with one attached hydrogen (secondary N) is 1. The number of carbonyl (C=O) groups excluding carboxylic acids is 1. The fraction of sp³-hybridized carbons (Fsp3) is 0.125. The van der Waals surface area contributed by atoms with Gasteiger partial charge in [-0.05, 0) is 18.2 Å². The molecule has 3 rings (SSSR count). The minimum absolute atomic E-state index is 0.221. The molecule has 5 heteroatoms. The maximum atomic E-state index is 11.5. The van der Waals surface area contributed by atoms with Gasteiger partial charge in [-0.25, -0.2) is 4.79 Å². The summed E-state index contributed by atoms with van der Waals surface area (Å²) < 4.78 is 9.82. The molecule has 3 aromatic rings. The molecule has 0 aliphatic heterocycles. The maximum Gasteiger partial charge on any atom is 0.374 e. The average Bonchev–Trinajstić information content (AvgIpc) is 3.00. The van der Waals surface area contributed by atoms with Crippen LogP contribution in [0.1, 0.15) is 16.1 Å². The lowest BCUT2D eigenvalue weighted by molar-refractivity contribution is 0.0563. The molecule has 0 fully saturated rings. The van der Waals surface area contributed by atoms with Gasteiger partial charge in [-0.15, -0.1) is 0 Å². The predicted molar refractivity (Wildman–Crippen MR) is 79.1 cm³/mol. The van der Waals surface area contributed by atoms with Gasteiger partial charge < -0.3 is 14.5 Å². The van der Waals surface area contributed by atoms with Crippen molar-refractivity contribution in [2.75, 3.05) is 12.4 Å². The molecule has 1 aromatic carbocycles. The first-order valence-corrected chi connectivity index (χ1v) is 6.51. The highest BCUT2D eigenvalue weighted by Gasteiger charge is 2.15. The van der Waals surface area contributed by atoms with Crippen molar-refractivity contribution in [3.63, 3.8) is 0 Å². The molecule has 21 heavy (non-hydrogen) atoms. The van der Waals surface area contributed by atoms with E-state index < -0.39 is 5.97 Å². The number of rotatable bonds is 4. The van der Waals surface area contributed by atoms with Gasteiger partial charge >= 0.3 is 5.97 Å². The normalized spacial score (nSPS) is 10.5. The van der Waals surface area contributed by atoms with Crippen LogP contribution in [0.2, 0.25) is 0 Å². The molecule has 0 aliphatic rings. The Morgan fingerprint density at radius 2 is 2.19 bits per heavy atom. The predicted octanol–water partition coefficient (Wildman–Crippen LogP) is 3.23. The third kappa shape index (κ3) is 2.72. The van der Waals surface area contributed by atoms with Crippen molar-refractivity contribution in [1.82, 2.24) is 4.98 Å². The summed E-state index contributed by atoms with van der Waals surface area (Å²) in [7, 11) is 1.33. The van der Waals surface area contributed by atoms with E-state index in [1.165, 1.54) is 13.4 Å². The van der Waals surface area contributed by atoms with E-state index in [2.05, 4.69) is 15.0 Å². The second kappa shape index (κ2) is 5.66. The van der Waals surface area contributed by atoms with Crippen molar-refractivity contribution in [3.8, 4) is 0 Å². The van der Waals surface area contributed by atoms with E-state index >= 15 is 0 Å². The van der Waals surface area contributed by atoms with Gasteiger partial charge in [0.2, 0.25) is 5.76 Å². The fourth-order valence-electron chi connectivity index (χ4n) is 2.11. The largest absolute Gasteiger partial charge is 0.463 e. The Kier molecular flexibility index (Phi) is 3.55. The summed E-state index contributed by atoms with van der Waals surface area (Å²) in [5, 5.41) is 4.29. The molecule has 0 radical (unpaired) electrons. The lowest BCUT2D eigenvalue weighted by atomic mass is 10.2. The molecule has 2 aromatic heterocycles. The molecule has 0 unspecified atom stereocenters. The molecule has 2 heterocycles. The SMILES string of the molecule is COC(=O)c1occc1CNc1cnc2ccccc2c1. The number of para-hydroxylation sites is 1. The highest BCUT2D eigenvalue weighted by molar-refractivity contribution is 5.88. The van der Waals surface area contributed by atoms with Crippen LogP contribution >= 0.6 is 0 Å². The first-order chi connectivity index (χ1) is 10.3. The molecule has 0 saturated carbocycles. The number of pyridine rings is 1. The Bertz CT molecular complexity index is 780. The number of ether oxygens (including phenoxy) is 1. The van der Waals surface area contributed by atoms with Crippen LogP contribution in [-0.2, 0) is 11.3 Å². The summed E-state index contributed by atoms with van der Waals surface area (Å²) in [6.07, 6.45) is 3.24. The number of methoxy groups -OCH3 is 1.